The molecule has 0 atom stereocenters. The van der Waals surface area contributed by atoms with Crippen LogP contribution in [0.15, 0.2) is 21.1 Å². The lowest BCUT2D eigenvalue weighted by molar-refractivity contribution is -0.115. The fourth-order valence-corrected chi connectivity index (χ4v) is 4.01. The van der Waals surface area contributed by atoms with Gasteiger partial charge in [-0.15, -0.1) is 0 Å². The summed E-state index contributed by atoms with van der Waals surface area (Å²) in [6.07, 6.45) is 3.06. The van der Waals surface area contributed by atoms with Gasteiger partial charge >= 0.3 is 0 Å². The topological polar surface area (TPSA) is 41.1 Å². The molecule has 0 unspecified atom stereocenters. The van der Waals surface area contributed by atoms with Crippen molar-refractivity contribution in [2.24, 2.45) is 0 Å². The zero-order valence-corrected chi connectivity index (χ0v) is 16.3. The van der Waals surface area contributed by atoms with Crippen molar-refractivity contribution in [3.05, 3.63) is 26.6 Å². The highest BCUT2D eigenvalue weighted by molar-refractivity contribution is 9.11. The van der Waals surface area contributed by atoms with Gasteiger partial charge < -0.3 is 10.6 Å². The summed E-state index contributed by atoms with van der Waals surface area (Å²) in [6.45, 7) is 8.81. The molecule has 0 aliphatic rings. The number of hydrogen-bond acceptors (Lipinski definition) is 2. The predicted molar refractivity (Wildman–Crippen MR) is 96.8 cm³/mol. The van der Waals surface area contributed by atoms with Crippen LogP contribution in [0.3, 0.4) is 0 Å². The number of halogens is 2. The Morgan fingerprint density at radius 2 is 1.57 bits per heavy atom. The van der Waals surface area contributed by atoms with E-state index in [0.717, 1.165) is 39.5 Å². The smallest absolute Gasteiger partial charge is 0.238 e. The summed E-state index contributed by atoms with van der Waals surface area (Å²) >= 11 is 6.99. The molecule has 0 saturated carbocycles. The van der Waals surface area contributed by atoms with Gasteiger partial charge in [0, 0.05) is 14.5 Å². The van der Waals surface area contributed by atoms with Gasteiger partial charge in [-0.05, 0) is 75.7 Å². The zero-order chi connectivity index (χ0) is 16.0. The lowest BCUT2D eigenvalue weighted by Crippen LogP contribution is -2.47. The molecular weight excluding hydrogens is 396 g/mol. The standard InChI is InChI=1S/C16H24Br2N2O/c1-5-16(6-2,7-3)19-10-14(21)20-15-12(17)8-11(4)9-13(15)18/h8-9,19H,5-7,10H2,1-4H3,(H,20,21). The maximum absolute atomic E-state index is 12.2. The summed E-state index contributed by atoms with van der Waals surface area (Å²) in [5, 5.41) is 6.37. The van der Waals surface area contributed by atoms with Crippen molar-refractivity contribution in [2.45, 2.75) is 52.5 Å². The molecule has 21 heavy (non-hydrogen) atoms. The maximum Gasteiger partial charge on any atom is 0.238 e. The molecule has 0 fully saturated rings. The number of anilines is 1. The first-order valence-corrected chi connectivity index (χ1v) is 8.96. The molecule has 0 saturated heterocycles. The van der Waals surface area contributed by atoms with Gasteiger partial charge in [-0.3, -0.25) is 4.79 Å². The number of hydrogen-bond donors (Lipinski definition) is 2. The van der Waals surface area contributed by atoms with Gasteiger partial charge in [0.1, 0.15) is 0 Å². The number of aryl methyl sites for hydroxylation is 1. The highest BCUT2D eigenvalue weighted by Crippen LogP contribution is 2.32. The molecule has 0 aliphatic carbocycles. The Labute approximate surface area is 144 Å². The fraction of sp³-hybridized carbons (Fsp3) is 0.562. The molecule has 1 amide bonds. The molecule has 0 aromatic heterocycles. The van der Waals surface area contributed by atoms with Crippen molar-refractivity contribution >= 4 is 43.5 Å². The molecular formula is C16H24Br2N2O. The number of amides is 1. The molecule has 1 rings (SSSR count). The summed E-state index contributed by atoms with van der Waals surface area (Å²) in [6, 6.07) is 3.98. The van der Waals surface area contributed by atoms with E-state index in [-0.39, 0.29) is 11.4 Å². The monoisotopic (exact) mass is 418 g/mol. The minimum atomic E-state index is -0.0278. The molecule has 1 aromatic carbocycles. The molecule has 118 valence electrons. The Kier molecular flexibility index (Phi) is 7.37. The van der Waals surface area contributed by atoms with Crippen LogP contribution < -0.4 is 10.6 Å². The third-order valence-electron chi connectivity index (χ3n) is 4.11. The van der Waals surface area contributed by atoms with E-state index in [4.69, 9.17) is 0 Å². The molecule has 1 aromatic rings. The largest absolute Gasteiger partial charge is 0.323 e. The molecule has 3 nitrogen and oxygen atoms in total. The highest BCUT2D eigenvalue weighted by atomic mass is 79.9. The average Bonchev–Trinajstić information content (AvgIpc) is 2.45. The first-order chi connectivity index (χ1) is 9.87. The third-order valence-corrected chi connectivity index (χ3v) is 5.36. The van der Waals surface area contributed by atoms with E-state index in [1.165, 1.54) is 0 Å². The Morgan fingerprint density at radius 1 is 1.10 bits per heavy atom. The van der Waals surface area contributed by atoms with Crippen molar-refractivity contribution in [1.82, 2.24) is 5.32 Å². The van der Waals surface area contributed by atoms with Crippen LogP contribution >= 0.6 is 31.9 Å². The van der Waals surface area contributed by atoms with E-state index in [9.17, 15) is 4.79 Å². The molecule has 0 radical (unpaired) electrons. The quantitative estimate of drug-likeness (QED) is 0.651. The van der Waals surface area contributed by atoms with Crippen LogP contribution in [0.2, 0.25) is 0 Å². The van der Waals surface area contributed by atoms with E-state index in [1.807, 2.05) is 19.1 Å². The number of carbonyl (C=O) groups excluding carboxylic acids is 1. The van der Waals surface area contributed by atoms with Gasteiger partial charge in [0.2, 0.25) is 5.91 Å². The minimum Gasteiger partial charge on any atom is -0.323 e. The Hall–Kier alpha value is -0.390. The van der Waals surface area contributed by atoms with Crippen LogP contribution in [0.25, 0.3) is 0 Å². The maximum atomic E-state index is 12.2. The predicted octanol–water partition coefficient (Wildman–Crippen LogP) is 5.02. The van der Waals surface area contributed by atoms with Crippen molar-refractivity contribution in [2.75, 3.05) is 11.9 Å². The first kappa shape index (κ1) is 18.7. The molecule has 2 N–H and O–H groups in total. The molecule has 5 heteroatoms. The number of carbonyl (C=O) groups is 1. The van der Waals surface area contributed by atoms with E-state index in [2.05, 4.69) is 63.3 Å². The normalized spacial score (nSPS) is 11.5. The van der Waals surface area contributed by atoms with Crippen LogP contribution in [0, 0.1) is 6.92 Å². The van der Waals surface area contributed by atoms with Crippen LogP contribution in [0.1, 0.15) is 45.6 Å². The SMILES string of the molecule is CCC(CC)(CC)NCC(=O)Nc1c(Br)cc(C)cc1Br. The summed E-state index contributed by atoms with van der Waals surface area (Å²) < 4.78 is 1.77. The Balaban J connectivity index is 2.71. The fourth-order valence-electron chi connectivity index (χ4n) is 2.40. The number of rotatable bonds is 7. The van der Waals surface area contributed by atoms with Gasteiger partial charge in [-0.2, -0.15) is 0 Å². The van der Waals surface area contributed by atoms with Crippen molar-refractivity contribution < 1.29 is 4.79 Å². The van der Waals surface area contributed by atoms with Gasteiger partial charge in [0.05, 0.1) is 12.2 Å². The zero-order valence-electron chi connectivity index (χ0n) is 13.1. The van der Waals surface area contributed by atoms with Crippen LogP contribution in [0.4, 0.5) is 5.69 Å². The first-order valence-electron chi connectivity index (χ1n) is 7.38. The van der Waals surface area contributed by atoms with Crippen LogP contribution in [-0.4, -0.2) is 18.0 Å². The minimum absolute atomic E-state index is 0.0278. The second-order valence-electron chi connectivity index (χ2n) is 5.35. The molecule has 0 spiro atoms. The van der Waals surface area contributed by atoms with Crippen molar-refractivity contribution in [3.63, 3.8) is 0 Å². The number of nitrogens with one attached hydrogen (secondary N) is 2. The van der Waals surface area contributed by atoms with Gasteiger partial charge in [0.15, 0.2) is 0 Å². The van der Waals surface area contributed by atoms with Gasteiger partial charge in [-0.25, -0.2) is 0 Å². The molecule has 0 aliphatic heterocycles. The Bertz CT molecular complexity index is 468. The Morgan fingerprint density at radius 3 is 2.00 bits per heavy atom. The second kappa shape index (κ2) is 8.30. The summed E-state index contributed by atoms with van der Waals surface area (Å²) in [4.78, 5) is 12.2. The average molecular weight is 420 g/mol. The summed E-state index contributed by atoms with van der Waals surface area (Å²) in [7, 11) is 0. The van der Waals surface area contributed by atoms with Gasteiger partial charge in [-0.1, -0.05) is 20.8 Å². The van der Waals surface area contributed by atoms with Crippen LogP contribution in [0.5, 0.6) is 0 Å². The summed E-state index contributed by atoms with van der Waals surface area (Å²) in [5.41, 5.74) is 1.97. The highest BCUT2D eigenvalue weighted by Gasteiger charge is 2.23. The number of benzene rings is 1. The van der Waals surface area contributed by atoms with E-state index in [1.54, 1.807) is 0 Å². The van der Waals surface area contributed by atoms with E-state index < -0.39 is 0 Å². The second-order valence-corrected chi connectivity index (χ2v) is 7.05. The lowest BCUT2D eigenvalue weighted by Gasteiger charge is -2.31. The van der Waals surface area contributed by atoms with E-state index in [0.29, 0.717) is 6.54 Å². The molecule has 0 heterocycles. The van der Waals surface area contributed by atoms with Crippen molar-refractivity contribution in [1.29, 1.82) is 0 Å². The third kappa shape index (κ3) is 5.08. The summed E-state index contributed by atoms with van der Waals surface area (Å²) in [5.74, 6) is -0.0278. The van der Waals surface area contributed by atoms with Crippen LogP contribution in [-0.2, 0) is 4.79 Å². The van der Waals surface area contributed by atoms with E-state index >= 15 is 0 Å². The van der Waals surface area contributed by atoms with Gasteiger partial charge in [0.25, 0.3) is 0 Å². The molecule has 0 bridgehead atoms. The van der Waals surface area contributed by atoms with Crippen molar-refractivity contribution in [3.8, 4) is 0 Å². The lowest BCUT2D eigenvalue weighted by atomic mass is 9.90.